The van der Waals surface area contributed by atoms with Crippen LogP contribution in [0, 0.1) is 0 Å². The highest BCUT2D eigenvalue weighted by atomic mass is 35.5. The molecule has 0 saturated heterocycles. The van der Waals surface area contributed by atoms with Crippen molar-refractivity contribution in [3.8, 4) is 5.75 Å². The minimum atomic E-state index is -3.77. The van der Waals surface area contributed by atoms with Crippen molar-refractivity contribution >= 4 is 61.4 Å². The Balaban J connectivity index is 2.30. The van der Waals surface area contributed by atoms with Crippen molar-refractivity contribution in [1.82, 2.24) is 10.2 Å². The van der Waals surface area contributed by atoms with E-state index in [9.17, 15) is 13.2 Å². The lowest BCUT2D eigenvalue weighted by Gasteiger charge is -2.30. The van der Waals surface area contributed by atoms with Crippen LogP contribution in [0.2, 0.25) is 5.02 Å². The lowest BCUT2D eigenvalue weighted by Crippen LogP contribution is -2.47. The molecule has 0 aliphatic rings. The summed E-state index contributed by atoms with van der Waals surface area (Å²) in [6.07, 6.45) is 2.29. The molecule has 0 radical (unpaired) electrons. The highest BCUT2D eigenvalue weighted by Gasteiger charge is 2.32. The minimum absolute atomic E-state index is 0.246. The van der Waals surface area contributed by atoms with E-state index in [1.165, 1.54) is 24.5 Å². The highest BCUT2D eigenvalue weighted by Crippen LogP contribution is 2.32. The first-order valence-electron chi connectivity index (χ1n) is 8.81. The van der Waals surface area contributed by atoms with Crippen molar-refractivity contribution in [3.63, 3.8) is 0 Å². The van der Waals surface area contributed by atoms with E-state index in [4.69, 9.17) is 16.3 Å². The molecule has 1 aromatic carbocycles. The molecule has 1 heterocycles. The predicted molar refractivity (Wildman–Crippen MR) is 119 cm³/mol. The molecule has 0 aliphatic heterocycles. The average Bonchev–Trinajstić information content (AvgIpc) is 3.10. The summed E-state index contributed by atoms with van der Waals surface area (Å²) in [7, 11) is -2.31. The summed E-state index contributed by atoms with van der Waals surface area (Å²) in [4.78, 5) is 12.9. The third-order valence-corrected chi connectivity index (χ3v) is 7.44. The summed E-state index contributed by atoms with van der Waals surface area (Å²) < 4.78 is 32.0. The van der Waals surface area contributed by atoms with Crippen LogP contribution in [0.25, 0.3) is 0 Å². The number of thioether (sulfide) groups is 1. The molecule has 0 aliphatic carbocycles. The number of sulfonamides is 1. The Kier molecular flexibility index (Phi) is 8.56. The van der Waals surface area contributed by atoms with E-state index < -0.39 is 22.0 Å². The summed E-state index contributed by atoms with van der Waals surface area (Å²) in [6, 6.07) is 3.58. The maximum atomic E-state index is 12.9. The molecule has 1 amide bonds. The number of benzene rings is 1. The Bertz CT molecular complexity index is 952. The lowest BCUT2D eigenvalue weighted by molar-refractivity contribution is -0.117. The van der Waals surface area contributed by atoms with Gasteiger partial charge in [-0.05, 0) is 31.0 Å². The van der Waals surface area contributed by atoms with Gasteiger partial charge in [0.2, 0.25) is 21.1 Å². The van der Waals surface area contributed by atoms with Gasteiger partial charge in [0.15, 0.2) is 4.34 Å². The van der Waals surface area contributed by atoms with Crippen LogP contribution in [0.4, 0.5) is 10.8 Å². The van der Waals surface area contributed by atoms with E-state index in [2.05, 4.69) is 22.4 Å². The smallest absolute Gasteiger partial charge is 0.250 e. The van der Waals surface area contributed by atoms with Gasteiger partial charge in [-0.1, -0.05) is 48.5 Å². The number of nitrogens with one attached hydrogen (secondary N) is 1. The number of halogens is 1. The summed E-state index contributed by atoms with van der Waals surface area (Å²) in [5, 5.41) is 11.2. The van der Waals surface area contributed by atoms with Gasteiger partial charge in [-0.15, -0.1) is 10.2 Å². The SMILES string of the molecule is CCCSc1nnc(NC(=O)[C@@H](CC)N(c2ccc(OC)c(Cl)c2)S(C)(=O)=O)s1. The van der Waals surface area contributed by atoms with E-state index in [0.29, 0.717) is 10.9 Å². The number of carbonyl (C=O) groups is 1. The largest absolute Gasteiger partial charge is 0.495 e. The first-order valence-corrected chi connectivity index (χ1v) is 12.8. The molecule has 2 rings (SSSR count). The maximum Gasteiger partial charge on any atom is 0.250 e. The van der Waals surface area contributed by atoms with Gasteiger partial charge >= 0.3 is 0 Å². The van der Waals surface area contributed by atoms with Gasteiger partial charge in [0.05, 0.1) is 24.1 Å². The van der Waals surface area contributed by atoms with Gasteiger partial charge in [-0.2, -0.15) is 0 Å². The molecule has 160 valence electrons. The topological polar surface area (TPSA) is 101 Å². The number of rotatable bonds is 10. The van der Waals surface area contributed by atoms with E-state index in [1.807, 2.05) is 0 Å². The second-order valence-electron chi connectivity index (χ2n) is 6.01. The molecule has 0 unspecified atom stereocenters. The average molecular weight is 479 g/mol. The van der Waals surface area contributed by atoms with Gasteiger partial charge in [0, 0.05) is 5.75 Å². The summed E-state index contributed by atoms with van der Waals surface area (Å²) in [6.45, 7) is 3.80. The van der Waals surface area contributed by atoms with Crippen molar-refractivity contribution in [3.05, 3.63) is 23.2 Å². The van der Waals surface area contributed by atoms with Crippen LogP contribution >= 0.6 is 34.7 Å². The molecule has 0 bridgehead atoms. The fourth-order valence-corrected chi connectivity index (χ4v) is 5.68. The lowest BCUT2D eigenvalue weighted by atomic mass is 10.2. The zero-order valence-corrected chi connectivity index (χ0v) is 19.7. The number of nitrogens with zero attached hydrogens (tertiary/aromatic N) is 3. The first-order chi connectivity index (χ1) is 13.7. The van der Waals surface area contributed by atoms with Gasteiger partial charge in [0.25, 0.3) is 0 Å². The number of hydrogen-bond acceptors (Lipinski definition) is 8. The van der Waals surface area contributed by atoms with Crippen LogP contribution in [-0.4, -0.2) is 49.7 Å². The molecule has 8 nitrogen and oxygen atoms in total. The van der Waals surface area contributed by atoms with Crippen LogP contribution < -0.4 is 14.4 Å². The number of carbonyl (C=O) groups excluding carboxylic acids is 1. The normalized spacial score (nSPS) is 12.4. The zero-order valence-electron chi connectivity index (χ0n) is 16.5. The maximum absolute atomic E-state index is 12.9. The van der Waals surface area contributed by atoms with Crippen molar-refractivity contribution in [2.24, 2.45) is 0 Å². The van der Waals surface area contributed by atoms with Crippen LogP contribution in [0.3, 0.4) is 0 Å². The highest BCUT2D eigenvalue weighted by molar-refractivity contribution is 8.01. The van der Waals surface area contributed by atoms with Crippen LogP contribution in [0.15, 0.2) is 22.5 Å². The molecule has 1 N–H and O–H groups in total. The molecule has 1 atom stereocenters. The molecule has 12 heteroatoms. The fourth-order valence-electron chi connectivity index (χ4n) is 2.55. The van der Waals surface area contributed by atoms with Crippen molar-refractivity contribution in [2.45, 2.75) is 37.1 Å². The van der Waals surface area contributed by atoms with Crippen molar-refractivity contribution < 1.29 is 17.9 Å². The number of anilines is 2. The monoisotopic (exact) mass is 478 g/mol. The van der Waals surface area contributed by atoms with Gasteiger partial charge in [-0.25, -0.2) is 8.42 Å². The second kappa shape index (κ2) is 10.5. The Labute approximate surface area is 184 Å². The van der Waals surface area contributed by atoms with E-state index in [-0.39, 0.29) is 17.1 Å². The standard InChI is InChI=1S/C17H23ClN4O4S3/c1-5-9-27-17-21-20-16(28-17)19-15(23)13(6-2)22(29(4,24)25)11-7-8-14(26-3)12(18)10-11/h7-8,10,13H,5-6,9H2,1-4H3,(H,19,20,23)/t13-/m1/s1. The quantitative estimate of drug-likeness (QED) is 0.408. The number of hydrogen-bond donors (Lipinski definition) is 1. The fraction of sp³-hybridized carbons (Fsp3) is 0.471. The molecule has 2 aromatic rings. The molecule has 0 fully saturated rings. The van der Waals surface area contributed by atoms with Crippen LogP contribution in [-0.2, 0) is 14.8 Å². The van der Waals surface area contributed by atoms with Gasteiger partial charge in [0.1, 0.15) is 11.8 Å². The Morgan fingerprint density at radius 1 is 1.38 bits per heavy atom. The molecule has 0 spiro atoms. The van der Waals surface area contributed by atoms with E-state index in [0.717, 1.165) is 27.1 Å². The second-order valence-corrected chi connectivity index (χ2v) is 10.6. The van der Waals surface area contributed by atoms with E-state index in [1.54, 1.807) is 30.8 Å². The zero-order chi connectivity index (χ0) is 21.6. The van der Waals surface area contributed by atoms with Gasteiger partial charge in [-0.3, -0.25) is 14.4 Å². The molecule has 29 heavy (non-hydrogen) atoms. The summed E-state index contributed by atoms with van der Waals surface area (Å²) >= 11 is 8.97. The number of methoxy groups -OCH3 is 1. The molecule has 1 aromatic heterocycles. The molecule has 0 saturated carbocycles. The summed E-state index contributed by atoms with van der Waals surface area (Å²) in [5.74, 6) is 0.820. The number of aromatic nitrogens is 2. The predicted octanol–water partition coefficient (Wildman–Crippen LogP) is 3.89. The number of amides is 1. The van der Waals surface area contributed by atoms with Crippen molar-refractivity contribution in [1.29, 1.82) is 0 Å². The first kappa shape index (κ1) is 23.7. The molecular formula is C17H23ClN4O4S3. The third-order valence-electron chi connectivity index (χ3n) is 3.79. The minimum Gasteiger partial charge on any atom is -0.495 e. The third kappa shape index (κ3) is 6.21. The van der Waals surface area contributed by atoms with Gasteiger partial charge < -0.3 is 4.74 Å². The van der Waals surface area contributed by atoms with Crippen LogP contribution in [0.5, 0.6) is 5.75 Å². The number of ether oxygens (including phenoxy) is 1. The van der Waals surface area contributed by atoms with Crippen LogP contribution in [0.1, 0.15) is 26.7 Å². The van der Waals surface area contributed by atoms with Crippen molar-refractivity contribution in [2.75, 3.05) is 28.7 Å². The Hall–Kier alpha value is -1.56. The molecular weight excluding hydrogens is 456 g/mol. The van der Waals surface area contributed by atoms with E-state index >= 15 is 0 Å². The summed E-state index contributed by atoms with van der Waals surface area (Å²) in [5.41, 5.74) is 0.275. The Morgan fingerprint density at radius 3 is 2.66 bits per heavy atom. The Morgan fingerprint density at radius 2 is 2.10 bits per heavy atom.